The normalized spacial score (nSPS) is 11.4. The summed E-state index contributed by atoms with van der Waals surface area (Å²) >= 11 is 0. The third-order valence-corrected chi connectivity index (χ3v) is 3.71. The van der Waals surface area contributed by atoms with Gasteiger partial charge in [-0.2, -0.15) is 0 Å². The summed E-state index contributed by atoms with van der Waals surface area (Å²) in [5.74, 6) is -0.103. The molecule has 126 valence electrons. The summed E-state index contributed by atoms with van der Waals surface area (Å²) in [5.41, 5.74) is 1.56. The number of carbonyl (C=O) groups is 2. The van der Waals surface area contributed by atoms with Crippen LogP contribution in [0, 0.1) is 0 Å². The molecule has 5 heteroatoms. The lowest BCUT2D eigenvalue weighted by molar-refractivity contribution is -0.143. The van der Waals surface area contributed by atoms with E-state index >= 15 is 0 Å². The van der Waals surface area contributed by atoms with Crippen molar-refractivity contribution in [2.75, 3.05) is 14.2 Å². The molecule has 0 heterocycles. The first kappa shape index (κ1) is 17.5. The van der Waals surface area contributed by atoms with Gasteiger partial charge in [0, 0.05) is 5.56 Å². The third-order valence-electron chi connectivity index (χ3n) is 3.71. The average molecular weight is 327 g/mol. The number of aryl methyl sites for hydroxylation is 1. The number of esters is 1. The average Bonchev–Trinajstić information content (AvgIpc) is 2.65. The summed E-state index contributed by atoms with van der Waals surface area (Å²) in [6.45, 7) is 0. The number of methoxy groups -OCH3 is 2. The minimum atomic E-state index is -0.690. The molecule has 1 atom stereocenters. The number of carbonyl (C=O) groups excluding carboxylic acids is 2. The van der Waals surface area contributed by atoms with Crippen molar-refractivity contribution in [2.24, 2.45) is 0 Å². The molecule has 0 aliphatic carbocycles. The second-order valence-corrected chi connectivity index (χ2v) is 5.30. The number of amides is 1. The van der Waals surface area contributed by atoms with Gasteiger partial charge < -0.3 is 14.8 Å². The molecule has 1 amide bonds. The maximum absolute atomic E-state index is 12.3. The van der Waals surface area contributed by atoms with E-state index in [4.69, 9.17) is 9.47 Å². The van der Waals surface area contributed by atoms with Crippen LogP contribution in [0.15, 0.2) is 54.6 Å². The molecule has 0 aliphatic heterocycles. The molecule has 0 saturated heterocycles. The topological polar surface area (TPSA) is 64.6 Å². The zero-order valence-electron chi connectivity index (χ0n) is 13.8. The van der Waals surface area contributed by atoms with E-state index < -0.39 is 12.0 Å². The molecule has 2 aromatic carbocycles. The van der Waals surface area contributed by atoms with Crippen molar-refractivity contribution in [3.05, 3.63) is 65.7 Å². The van der Waals surface area contributed by atoms with Gasteiger partial charge in [0.1, 0.15) is 11.8 Å². The van der Waals surface area contributed by atoms with E-state index in [1.807, 2.05) is 30.3 Å². The fourth-order valence-electron chi connectivity index (χ4n) is 2.33. The number of ether oxygens (including phenoxy) is 2. The summed E-state index contributed by atoms with van der Waals surface area (Å²) in [5, 5.41) is 2.74. The van der Waals surface area contributed by atoms with E-state index in [9.17, 15) is 9.59 Å². The van der Waals surface area contributed by atoms with E-state index in [0.717, 1.165) is 5.56 Å². The van der Waals surface area contributed by atoms with Gasteiger partial charge in [-0.15, -0.1) is 0 Å². The van der Waals surface area contributed by atoms with Crippen LogP contribution in [0.5, 0.6) is 5.75 Å². The van der Waals surface area contributed by atoms with Gasteiger partial charge in [0.25, 0.3) is 5.91 Å². The standard InChI is InChI=1S/C19H21NO4/c1-23-16-11-9-15(10-12-16)18(21)20-17(19(22)24-2)13-8-14-6-4-3-5-7-14/h3-7,9-12,17H,8,13H2,1-2H3,(H,20,21). The quantitative estimate of drug-likeness (QED) is 0.794. The van der Waals surface area contributed by atoms with Crippen molar-refractivity contribution in [1.82, 2.24) is 5.32 Å². The molecule has 1 N–H and O–H groups in total. The first-order valence-corrected chi connectivity index (χ1v) is 7.70. The van der Waals surface area contributed by atoms with Crippen molar-refractivity contribution in [2.45, 2.75) is 18.9 Å². The number of rotatable bonds is 7. The highest BCUT2D eigenvalue weighted by atomic mass is 16.5. The number of benzene rings is 2. The largest absolute Gasteiger partial charge is 0.497 e. The fraction of sp³-hybridized carbons (Fsp3) is 0.263. The molecule has 5 nitrogen and oxygen atoms in total. The van der Waals surface area contributed by atoms with Crippen LogP contribution in [0.4, 0.5) is 0 Å². The Morgan fingerprint density at radius 3 is 2.25 bits per heavy atom. The minimum Gasteiger partial charge on any atom is -0.497 e. The van der Waals surface area contributed by atoms with Gasteiger partial charge in [-0.3, -0.25) is 4.79 Å². The lowest BCUT2D eigenvalue weighted by atomic mass is 10.0. The highest BCUT2D eigenvalue weighted by molar-refractivity contribution is 5.96. The molecule has 0 aromatic heterocycles. The first-order chi connectivity index (χ1) is 11.6. The summed E-state index contributed by atoms with van der Waals surface area (Å²) in [6, 6.07) is 15.8. The highest BCUT2D eigenvalue weighted by Gasteiger charge is 2.22. The first-order valence-electron chi connectivity index (χ1n) is 7.70. The Kier molecular flexibility index (Phi) is 6.37. The predicted octanol–water partition coefficient (Wildman–Crippen LogP) is 2.60. The molecule has 0 aliphatic rings. The van der Waals surface area contributed by atoms with Crippen LogP contribution in [0.1, 0.15) is 22.3 Å². The Morgan fingerprint density at radius 2 is 1.67 bits per heavy atom. The van der Waals surface area contributed by atoms with Crippen molar-refractivity contribution in [1.29, 1.82) is 0 Å². The number of hydrogen-bond donors (Lipinski definition) is 1. The Labute approximate surface area is 141 Å². The van der Waals surface area contributed by atoms with Gasteiger partial charge >= 0.3 is 5.97 Å². The van der Waals surface area contributed by atoms with E-state index in [1.54, 1.807) is 31.4 Å². The summed E-state index contributed by atoms with van der Waals surface area (Å²) in [6.07, 6.45) is 1.14. The van der Waals surface area contributed by atoms with Crippen molar-refractivity contribution >= 4 is 11.9 Å². The van der Waals surface area contributed by atoms with Crippen molar-refractivity contribution in [3.8, 4) is 5.75 Å². The van der Waals surface area contributed by atoms with E-state index in [0.29, 0.717) is 24.2 Å². The Balaban J connectivity index is 2.01. The minimum absolute atomic E-state index is 0.318. The lowest BCUT2D eigenvalue weighted by Crippen LogP contribution is -2.41. The van der Waals surface area contributed by atoms with Gasteiger partial charge in [-0.1, -0.05) is 30.3 Å². The van der Waals surface area contributed by atoms with Crippen LogP contribution in [0.3, 0.4) is 0 Å². The fourth-order valence-corrected chi connectivity index (χ4v) is 2.33. The lowest BCUT2D eigenvalue weighted by Gasteiger charge is -2.16. The van der Waals surface area contributed by atoms with Crippen molar-refractivity contribution in [3.63, 3.8) is 0 Å². The Morgan fingerprint density at radius 1 is 1.00 bits per heavy atom. The summed E-state index contributed by atoms with van der Waals surface area (Å²) in [7, 11) is 2.88. The predicted molar refractivity (Wildman–Crippen MR) is 91.0 cm³/mol. The molecule has 24 heavy (non-hydrogen) atoms. The van der Waals surface area contributed by atoms with E-state index in [-0.39, 0.29) is 5.91 Å². The van der Waals surface area contributed by atoms with E-state index in [1.165, 1.54) is 7.11 Å². The van der Waals surface area contributed by atoms with Gasteiger partial charge in [0.15, 0.2) is 0 Å². The molecule has 2 aromatic rings. The summed E-state index contributed by atoms with van der Waals surface area (Å²) in [4.78, 5) is 24.3. The smallest absolute Gasteiger partial charge is 0.328 e. The van der Waals surface area contributed by atoms with Gasteiger partial charge in [-0.05, 0) is 42.7 Å². The van der Waals surface area contributed by atoms with Crippen LogP contribution in [0.2, 0.25) is 0 Å². The molecular weight excluding hydrogens is 306 g/mol. The second kappa shape index (κ2) is 8.72. The Hall–Kier alpha value is -2.82. The third kappa shape index (κ3) is 4.84. The molecule has 1 unspecified atom stereocenters. The number of nitrogens with one attached hydrogen (secondary N) is 1. The van der Waals surface area contributed by atoms with Gasteiger partial charge in [-0.25, -0.2) is 4.79 Å². The van der Waals surface area contributed by atoms with Crippen LogP contribution >= 0.6 is 0 Å². The highest BCUT2D eigenvalue weighted by Crippen LogP contribution is 2.12. The summed E-state index contributed by atoms with van der Waals surface area (Å²) < 4.78 is 9.87. The van der Waals surface area contributed by atoms with Crippen LogP contribution in [-0.4, -0.2) is 32.1 Å². The SMILES string of the molecule is COC(=O)C(CCc1ccccc1)NC(=O)c1ccc(OC)cc1. The van der Waals surface area contributed by atoms with E-state index in [2.05, 4.69) is 5.32 Å². The van der Waals surface area contributed by atoms with Gasteiger partial charge in [0.05, 0.1) is 14.2 Å². The van der Waals surface area contributed by atoms with Gasteiger partial charge in [0.2, 0.25) is 0 Å². The maximum atomic E-state index is 12.3. The van der Waals surface area contributed by atoms with Crippen LogP contribution < -0.4 is 10.1 Å². The molecule has 0 bridgehead atoms. The molecule has 0 radical (unpaired) electrons. The van der Waals surface area contributed by atoms with Crippen LogP contribution in [0.25, 0.3) is 0 Å². The monoisotopic (exact) mass is 327 g/mol. The Bertz CT molecular complexity index is 668. The molecule has 0 fully saturated rings. The van der Waals surface area contributed by atoms with Crippen LogP contribution in [-0.2, 0) is 16.0 Å². The maximum Gasteiger partial charge on any atom is 0.328 e. The molecule has 0 saturated carbocycles. The second-order valence-electron chi connectivity index (χ2n) is 5.30. The zero-order valence-corrected chi connectivity index (χ0v) is 13.8. The zero-order chi connectivity index (χ0) is 17.4. The number of hydrogen-bond acceptors (Lipinski definition) is 4. The van der Waals surface area contributed by atoms with Crippen molar-refractivity contribution < 1.29 is 19.1 Å². The molecule has 2 rings (SSSR count). The molecular formula is C19H21NO4. The molecule has 0 spiro atoms.